The van der Waals surface area contributed by atoms with Gasteiger partial charge < -0.3 is 5.32 Å². The van der Waals surface area contributed by atoms with E-state index in [2.05, 4.69) is 30.4 Å². The Morgan fingerprint density at radius 3 is 2.48 bits per heavy atom. The van der Waals surface area contributed by atoms with Crippen LogP contribution in [0.2, 0.25) is 0 Å². The minimum Gasteiger partial charge on any atom is -0.316 e. The van der Waals surface area contributed by atoms with Crippen molar-refractivity contribution in [3.63, 3.8) is 0 Å². The van der Waals surface area contributed by atoms with E-state index in [0.29, 0.717) is 5.92 Å². The minimum atomic E-state index is -2.40. The van der Waals surface area contributed by atoms with Crippen LogP contribution in [0, 0.1) is 0 Å². The summed E-state index contributed by atoms with van der Waals surface area (Å²) in [4.78, 5) is 0. The summed E-state index contributed by atoms with van der Waals surface area (Å²) in [5, 5.41) is 3.44. The minimum absolute atomic E-state index is 0.0753. The second-order valence-electron chi connectivity index (χ2n) is 5.69. The quantitative estimate of drug-likeness (QED) is 0.855. The number of benzene rings is 2. The molecule has 0 fully saturated rings. The summed E-state index contributed by atoms with van der Waals surface area (Å²) in [5.41, 5.74) is 4.93. The molecule has 0 saturated carbocycles. The van der Waals surface area contributed by atoms with E-state index in [1.807, 2.05) is 0 Å². The van der Waals surface area contributed by atoms with Gasteiger partial charge in [-0.15, -0.1) is 0 Å². The van der Waals surface area contributed by atoms with Crippen molar-refractivity contribution >= 4 is 0 Å². The van der Waals surface area contributed by atoms with E-state index in [0.717, 1.165) is 30.6 Å². The maximum atomic E-state index is 12.6. The van der Waals surface area contributed by atoms with Crippen molar-refractivity contribution < 1.29 is 8.78 Å². The predicted molar refractivity (Wildman–Crippen MR) is 81.8 cm³/mol. The van der Waals surface area contributed by atoms with Gasteiger partial charge >= 0.3 is 0 Å². The molecule has 0 spiro atoms. The topological polar surface area (TPSA) is 12.0 Å². The van der Waals surface area contributed by atoms with Crippen LogP contribution in [0.25, 0.3) is 11.1 Å². The Kier molecular flexibility index (Phi) is 4.02. The van der Waals surface area contributed by atoms with Crippen LogP contribution in [0.15, 0.2) is 42.5 Å². The fraction of sp³-hybridized carbons (Fsp3) is 0.333. The molecule has 1 aliphatic rings. The average molecular weight is 287 g/mol. The van der Waals surface area contributed by atoms with E-state index >= 15 is 0 Å². The molecule has 0 aromatic heterocycles. The molecular formula is C18H19F2N. The number of alkyl halides is 2. The number of nitrogens with one attached hydrogen (secondary N) is 1. The Morgan fingerprint density at radius 2 is 1.76 bits per heavy atom. The van der Waals surface area contributed by atoms with Crippen molar-refractivity contribution in [2.45, 2.75) is 25.7 Å². The summed E-state index contributed by atoms with van der Waals surface area (Å²) in [6.45, 7) is 4.23. The van der Waals surface area contributed by atoms with Crippen molar-refractivity contribution in [3.05, 3.63) is 59.2 Å². The van der Waals surface area contributed by atoms with E-state index in [1.165, 1.54) is 23.3 Å². The molecule has 21 heavy (non-hydrogen) atoms. The number of rotatable bonds is 2. The Bertz CT molecular complexity index is 620. The van der Waals surface area contributed by atoms with E-state index in [9.17, 15) is 8.78 Å². The van der Waals surface area contributed by atoms with Crippen LogP contribution in [0.5, 0.6) is 0 Å². The highest BCUT2D eigenvalue weighted by Crippen LogP contribution is 2.29. The van der Waals surface area contributed by atoms with Gasteiger partial charge in [-0.1, -0.05) is 49.4 Å². The second kappa shape index (κ2) is 5.94. The van der Waals surface area contributed by atoms with Crippen LogP contribution < -0.4 is 5.32 Å². The third kappa shape index (κ3) is 2.98. The monoisotopic (exact) mass is 287 g/mol. The molecule has 110 valence electrons. The van der Waals surface area contributed by atoms with Gasteiger partial charge in [0.25, 0.3) is 6.43 Å². The van der Waals surface area contributed by atoms with Crippen LogP contribution in [0.1, 0.15) is 36.0 Å². The Balaban J connectivity index is 1.94. The number of hydrogen-bond acceptors (Lipinski definition) is 1. The molecule has 0 amide bonds. The second-order valence-corrected chi connectivity index (χ2v) is 5.69. The standard InChI is InChI=1S/C18H19F2N/c1-12-11-21-9-8-16-10-15(6-7-17(12)16)13-2-4-14(5-3-13)18(19)20/h2-7,10,12,18,21H,8-9,11H2,1H3. The zero-order valence-electron chi connectivity index (χ0n) is 12.1. The number of halogens is 2. The van der Waals surface area contributed by atoms with Crippen LogP contribution in [-0.2, 0) is 6.42 Å². The predicted octanol–water partition coefficient (Wildman–Crippen LogP) is 4.54. The largest absolute Gasteiger partial charge is 0.316 e. The summed E-state index contributed by atoms with van der Waals surface area (Å²) < 4.78 is 25.2. The van der Waals surface area contributed by atoms with Gasteiger partial charge in [0.15, 0.2) is 0 Å². The van der Waals surface area contributed by atoms with Crippen molar-refractivity contribution in [1.82, 2.24) is 5.32 Å². The van der Waals surface area contributed by atoms with Gasteiger partial charge in [-0.3, -0.25) is 0 Å². The summed E-state index contributed by atoms with van der Waals surface area (Å²) in [6.07, 6.45) is -1.39. The van der Waals surface area contributed by atoms with Gasteiger partial charge in [0.05, 0.1) is 0 Å². The summed E-state index contributed by atoms with van der Waals surface area (Å²) in [7, 11) is 0. The molecule has 1 N–H and O–H groups in total. The molecule has 1 heterocycles. The van der Waals surface area contributed by atoms with Crippen molar-refractivity contribution in [1.29, 1.82) is 0 Å². The van der Waals surface area contributed by atoms with Crippen molar-refractivity contribution in [3.8, 4) is 11.1 Å². The molecule has 0 saturated heterocycles. The fourth-order valence-corrected chi connectivity index (χ4v) is 2.96. The first-order valence-corrected chi connectivity index (χ1v) is 7.37. The highest BCUT2D eigenvalue weighted by Gasteiger charge is 2.15. The Hall–Kier alpha value is -1.74. The lowest BCUT2D eigenvalue weighted by Gasteiger charge is -2.14. The average Bonchev–Trinajstić information content (AvgIpc) is 2.69. The van der Waals surface area contributed by atoms with Crippen molar-refractivity contribution in [2.24, 2.45) is 0 Å². The normalized spacial score (nSPS) is 18.4. The van der Waals surface area contributed by atoms with Gasteiger partial charge in [-0.25, -0.2) is 8.78 Å². The first-order valence-electron chi connectivity index (χ1n) is 7.37. The van der Waals surface area contributed by atoms with Gasteiger partial charge in [0, 0.05) is 12.1 Å². The van der Waals surface area contributed by atoms with E-state index in [4.69, 9.17) is 0 Å². The zero-order chi connectivity index (χ0) is 14.8. The highest BCUT2D eigenvalue weighted by molar-refractivity contribution is 5.65. The smallest absolute Gasteiger partial charge is 0.263 e. The van der Waals surface area contributed by atoms with Gasteiger partial charge in [-0.05, 0) is 41.1 Å². The molecule has 2 aromatic rings. The molecule has 3 rings (SSSR count). The lowest BCUT2D eigenvalue weighted by molar-refractivity contribution is 0.151. The summed E-state index contributed by atoms with van der Waals surface area (Å²) in [6, 6.07) is 13.1. The van der Waals surface area contributed by atoms with Crippen LogP contribution in [-0.4, -0.2) is 13.1 Å². The Labute approximate surface area is 124 Å². The highest BCUT2D eigenvalue weighted by atomic mass is 19.3. The van der Waals surface area contributed by atoms with Crippen molar-refractivity contribution in [2.75, 3.05) is 13.1 Å². The Morgan fingerprint density at radius 1 is 1.05 bits per heavy atom. The summed E-state index contributed by atoms with van der Waals surface area (Å²) in [5.74, 6) is 0.512. The molecule has 2 aromatic carbocycles. The van der Waals surface area contributed by atoms with Gasteiger partial charge in [0.2, 0.25) is 0 Å². The van der Waals surface area contributed by atoms with E-state index < -0.39 is 6.43 Å². The molecular weight excluding hydrogens is 268 g/mol. The first kappa shape index (κ1) is 14.2. The van der Waals surface area contributed by atoms with Crippen LogP contribution >= 0.6 is 0 Å². The molecule has 1 unspecified atom stereocenters. The summed E-state index contributed by atoms with van der Waals surface area (Å²) >= 11 is 0. The third-order valence-electron chi connectivity index (χ3n) is 4.19. The molecule has 0 radical (unpaired) electrons. The molecule has 1 atom stereocenters. The molecule has 3 heteroatoms. The fourth-order valence-electron chi connectivity index (χ4n) is 2.96. The zero-order valence-corrected chi connectivity index (χ0v) is 12.1. The number of fused-ring (bicyclic) bond motifs is 1. The molecule has 1 nitrogen and oxygen atoms in total. The lowest BCUT2D eigenvalue weighted by atomic mass is 9.92. The molecule has 0 aliphatic carbocycles. The van der Waals surface area contributed by atoms with Crippen LogP contribution in [0.3, 0.4) is 0 Å². The van der Waals surface area contributed by atoms with Gasteiger partial charge in [0.1, 0.15) is 0 Å². The number of hydrogen-bond donors (Lipinski definition) is 1. The lowest BCUT2D eigenvalue weighted by Crippen LogP contribution is -2.18. The van der Waals surface area contributed by atoms with E-state index in [-0.39, 0.29) is 5.56 Å². The SMILES string of the molecule is CC1CNCCc2cc(-c3ccc(C(F)F)cc3)ccc21. The molecule has 0 bridgehead atoms. The van der Waals surface area contributed by atoms with E-state index in [1.54, 1.807) is 12.1 Å². The third-order valence-corrected chi connectivity index (χ3v) is 4.19. The first-order chi connectivity index (χ1) is 10.1. The van der Waals surface area contributed by atoms with Crippen LogP contribution in [0.4, 0.5) is 8.78 Å². The maximum Gasteiger partial charge on any atom is 0.263 e. The van der Waals surface area contributed by atoms with Gasteiger partial charge in [-0.2, -0.15) is 0 Å². The maximum absolute atomic E-state index is 12.6. The molecule has 1 aliphatic heterocycles.